The number of nitrogens with one attached hydrogen (secondary N) is 2. The lowest BCUT2D eigenvalue weighted by atomic mass is 10.4. The Morgan fingerprint density at radius 3 is 2.85 bits per heavy atom. The average molecular weight is 348 g/mol. The Kier molecular flexibility index (Phi) is 4.02. The highest BCUT2D eigenvalue weighted by Gasteiger charge is 2.08. The van der Waals surface area contributed by atoms with Crippen LogP contribution in [-0.2, 0) is 18.4 Å². The molecule has 1 amide bonds. The van der Waals surface area contributed by atoms with Gasteiger partial charge >= 0.3 is 0 Å². The summed E-state index contributed by atoms with van der Waals surface area (Å²) < 4.78 is 3.47. The summed E-state index contributed by atoms with van der Waals surface area (Å²) in [6.07, 6.45) is 10.3. The van der Waals surface area contributed by atoms with Crippen LogP contribution in [0.15, 0.2) is 55.4 Å². The summed E-state index contributed by atoms with van der Waals surface area (Å²) in [6, 6.07) is 5.41. The van der Waals surface area contributed by atoms with Gasteiger partial charge in [-0.05, 0) is 18.2 Å². The fourth-order valence-corrected chi connectivity index (χ4v) is 2.53. The first-order chi connectivity index (χ1) is 12.7. The van der Waals surface area contributed by atoms with E-state index in [-0.39, 0.29) is 12.5 Å². The van der Waals surface area contributed by atoms with Crippen LogP contribution in [0.5, 0.6) is 0 Å². The molecule has 4 rings (SSSR count). The van der Waals surface area contributed by atoms with E-state index in [2.05, 4.69) is 30.7 Å². The molecule has 4 aromatic rings. The smallest absolute Gasteiger partial charge is 0.246 e. The maximum atomic E-state index is 12.1. The van der Waals surface area contributed by atoms with Crippen molar-refractivity contribution in [3.63, 3.8) is 0 Å². The first-order valence-corrected chi connectivity index (χ1v) is 7.95. The quantitative estimate of drug-likeness (QED) is 0.571. The van der Waals surface area contributed by atoms with E-state index in [9.17, 15) is 4.79 Å². The van der Waals surface area contributed by atoms with Crippen LogP contribution in [0.2, 0.25) is 0 Å². The predicted octanol–water partition coefficient (Wildman–Crippen LogP) is 1.94. The molecule has 4 heterocycles. The second-order valence-corrected chi connectivity index (χ2v) is 5.73. The van der Waals surface area contributed by atoms with Crippen LogP contribution in [0.4, 0.5) is 17.3 Å². The van der Waals surface area contributed by atoms with Crippen molar-refractivity contribution in [2.24, 2.45) is 7.05 Å². The van der Waals surface area contributed by atoms with Crippen LogP contribution in [-0.4, -0.2) is 35.2 Å². The summed E-state index contributed by atoms with van der Waals surface area (Å²) in [5.41, 5.74) is 2.24. The number of carbonyl (C=O) groups excluding carboxylic acids is 1. The molecule has 0 radical (unpaired) electrons. The molecule has 2 N–H and O–H groups in total. The van der Waals surface area contributed by atoms with Crippen molar-refractivity contribution in [1.29, 1.82) is 0 Å². The Labute approximate surface area is 148 Å². The lowest BCUT2D eigenvalue weighted by Gasteiger charge is -2.05. The van der Waals surface area contributed by atoms with E-state index < -0.39 is 0 Å². The monoisotopic (exact) mass is 348 g/mol. The Morgan fingerprint density at radius 1 is 1.15 bits per heavy atom. The summed E-state index contributed by atoms with van der Waals surface area (Å²) >= 11 is 0. The first-order valence-electron chi connectivity index (χ1n) is 7.95. The number of hydrogen-bond donors (Lipinski definition) is 2. The summed E-state index contributed by atoms with van der Waals surface area (Å²) in [7, 11) is 1.93. The first kappa shape index (κ1) is 15.8. The van der Waals surface area contributed by atoms with E-state index in [0.717, 1.165) is 11.0 Å². The minimum atomic E-state index is -0.174. The van der Waals surface area contributed by atoms with Crippen molar-refractivity contribution in [2.45, 2.75) is 6.54 Å². The van der Waals surface area contributed by atoms with Gasteiger partial charge in [0.05, 0.1) is 11.9 Å². The number of carbonyl (C=O) groups is 1. The number of rotatable bonds is 5. The Morgan fingerprint density at radius 2 is 2.00 bits per heavy atom. The number of hydrogen-bond acceptors (Lipinski definition) is 6. The second-order valence-electron chi connectivity index (χ2n) is 5.73. The molecule has 9 heteroatoms. The molecule has 0 bridgehead atoms. The summed E-state index contributed by atoms with van der Waals surface area (Å²) in [6.45, 7) is 0.0989. The van der Waals surface area contributed by atoms with Gasteiger partial charge in [-0.2, -0.15) is 10.1 Å². The summed E-state index contributed by atoms with van der Waals surface area (Å²) in [5.74, 6) is 0.299. The molecule has 4 aromatic heterocycles. The normalized spacial score (nSPS) is 10.8. The lowest BCUT2D eigenvalue weighted by Crippen LogP contribution is -2.18. The number of pyridine rings is 1. The van der Waals surface area contributed by atoms with Gasteiger partial charge < -0.3 is 15.2 Å². The van der Waals surface area contributed by atoms with Gasteiger partial charge in [-0.3, -0.25) is 14.5 Å². The van der Waals surface area contributed by atoms with Crippen LogP contribution in [0.1, 0.15) is 0 Å². The highest BCUT2D eigenvalue weighted by atomic mass is 16.2. The maximum Gasteiger partial charge on any atom is 0.246 e. The van der Waals surface area contributed by atoms with Gasteiger partial charge in [0.25, 0.3) is 0 Å². The van der Waals surface area contributed by atoms with Gasteiger partial charge in [-0.15, -0.1) is 0 Å². The van der Waals surface area contributed by atoms with E-state index in [1.165, 1.54) is 0 Å². The van der Waals surface area contributed by atoms with Crippen LogP contribution in [0.3, 0.4) is 0 Å². The van der Waals surface area contributed by atoms with E-state index in [1.807, 2.05) is 23.9 Å². The third-order valence-corrected chi connectivity index (χ3v) is 3.77. The van der Waals surface area contributed by atoms with Crippen molar-refractivity contribution < 1.29 is 4.79 Å². The molecular formula is C17H16N8O. The molecule has 0 atom stereocenters. The van der Waals surface area contributed by atoms with Gasteiger partial charge in [-0.1, -0.05) is 0 Å². The SMILES string of the molecule is Cn1ccc2cnc(Nc3cnn(CC(=O)Nc4ccncc4)c3)nc21. The van der Waals surface area contributed by atoms with Crippen molar-refractivity contribution in [1.82, 2.24) is 29.3 Å². The van der Waals surface area contributed by atoms with Crippen molar-refractivity contribution in [3.05, 3.63) is 55.4 Å². The summed E-state index contributed by atoms with van der Waals surface area (Å²) in [5, 5.41) is 11.0. The number of aryl methyl sites for hydroxylation is 1. The molecular weight excluding hydrogens is 332 g/mol. The number of fused-ring (bicyclic) bond motifs is 1. The van der Waals surface area contributed by atoms with Gasteiger partial charge in [-0.25, -0.2) is 4.98 Å². The Balaban J connectivity index is 1.42. The largest absolute Gasteiger partial charge is 0.335 e. The number of anilines is 3. The lowest BCUT2D eigenvalue weighted by molar-refractivity contribution is -0.116. The van der Waals surface area contributed by atoms with E-state index in [0.29, 0.717) is 17.3 Å². The van der Waals surface area contributed by atoms with Gasteiger partial charge in [0, 0.05) is 49.1 Å². The minimum Gasteiger partial charge on any atom is -0.335 e. The molecule has 130 valence electrons. The fraction of sp³-hybridized carbons (Fsp3) is 0.118. The molecule has 0 aliphatic rings. The van der Waals surface area contributed by atoms with Crippen molar-refractivity contribution in [3.8, 4) is 0 Å². The van der Waals surface area contributed by atoms with Crippen LogP contribution in [0.25, 0.3) is 11.0 Å². The number of aromatic nitrogens is 6. The molecule has 0 saturated carbocycles. The van der Waals surface area contributed by atoms with E-state index in [1.54, 1.807) is 47.8 Å². The molecule has 0 aromatic carbocycles. The Bertz CT molecular complexity index is 1050. The third kappa shape index (κ3) is 3.36. The number of amides is 1. The molecule has 0 aliphatic carbocycles. The van der Waals surface area contributed by atoms with Gasteiger partial charge in [0.1, 0.15) is 12.2 Å². The van der Waals surface area contributed by atoms with Gasteiger partial charge in [0.2, 0.25) is 11.9 Å². The zero-order valence-electron chi connectivity index (χ0n) is 14.0. The topological polar surface area (TPSA) is 103 Å². The fourth-order valence-electron chi connectivity index (χ4n) is 2.53. The highest BCUT2D eigenvalue weighted by Crippen LogP contribution is 2.16. The van der Waals surface area contributed by atoms with Crippen LogP contribution in [0, 0.1) is 0 Å². The third-order valence-electron chi connectivity index (χ3n) is 3.77. The van der Waals surface area contributed by atoms with Crippen molar-refractivity contribution in [2.75, 3.05) is 10.6 Å². The number of nitrogens with zero attached hydrogens (tertiary/aromatic N) is 6. The zero-order chi connectivity index (χ0) is 17.9. The molecule has 0 aliphatic heterocycles. The van der Waals surface area contributed by atoms with Crippen LogP contribution >= 0.6 is 0 Å². The molecule has 0 saturated heterocycles. The second kappa shape index (κ2) is 6.63. The zero-order valence-corrected chi connectivity index (χ0v) is 14.0. The van der Waals surface area contributed by atoms with E-state index in [4.69, 9.17) is 0 Å². The standard InChI is InChI=1S/C17H16N8O/c1-24-7-4-12-8-19-17(23-16(12)24)22-14-9-20-25(10-14)11-15(26)21-13-2-5-18-6-3-13/h2-10H,11H2,1H3,(H,18,21,26)(H,19,22,23). The highest BCUT2D eigenvalue weighted by molar-refractivity contribution is 5.90. The van der Waals surface area contributed by atoms with Crippen LogP contribution < -0.4 is 10.6 Å². The predicted molar refractivity (Wildman–Crippen MR) is 96.9 cm³/mol. The molecule has 0 unspecified atom stereocenters. The molecule has 26 heavy (non-hydrogen) atoms. The maximum absolute atomic E-state index is 12.1. The molecule has 0 fully saturated rings. The van der Waals surface area contributed by atoms with Crippen molar-refractivity contribution >= 4 is 34.3 Å². The molecule has 9 nitrogen and oxygen atoms in total. The molecule has 0 spiro atoms. The van der Waals surface area contributed by atoms with E-state index >= 15 is 0 Å². The summed E-state index contributed by atoms with van der Waals surface area (Å²) in [4.78, 5) is 24.7. The Hall–Kier alpha value is -3.75. The van der Waals surface area contributed by atoms with Gasteiger partial charge in [0.15, 0.2) is 0 Å². The minimum absolute atomic E-state index is 0.0989. The average Bonchev–Trinajstić information content (AvgIpc) is 3.23.